The van der Waals surface area contributed by atoms with Crippen molar-refractivity contribution in [1.82, 2.24) is 4.90 Å². The number of hydrogen-bond acceptors (Lipinski definition) is 2. The molecular formula is C20H22Cl2N2O. The third-order valence-electron chi connectivity index (χ3n) is 4.63. The molecule has 1 aliphatic rings. The van der Waals surface area contributed by atoms with Crippen molar-refractivity contribution in [2.75, 3.05) is 25.0 Å². The summed E-state index contributed by atoms with van der Waals surface area (Å²) in [7, 11) is 1.84. The number of carbonyl (C=O) groups excluding carboxylic acids is 1. The molecule has 0 N–H and O–H groups in total. The summed E-state index contributed by atoms with van der Waals surface area (Å²) in [6.07, 6.45) is 2.74. The second kappa shape index (κ2) is 8.11. The first kappa shape index (κ1) is 18.1. The fourth-order valence-electron chi connectivity index (χ4n) is 3.22. The van der Waals surface area contributed by atoms with E-state index in [9.17, 15) is 4.79 Å². The first-order chi connectivity index (χ1) is 12.0. The van der Waals surface area contributed by atoms with Gasteiger partial charge in [0, 0.05) is 42.4 Å². The Labute approximate surface area is 159 Å². The van der Waals surface area contributed by atoms with Crippen LogP contribution in [0.15, 0.2) is 42.5 Å². The van der Waals surface area contributed by atoms with Crippen LogP contribution < -0.4 is 4.90 Å². The molecule has 132 valence electrons. The lowest BCUT2D eigenvalue weighted by atomic mass is 10.1. The lowest BCUT2D eigenvalue weighted by Gasteiger charge is -2.24. The number of rotatable bonds is 5. The van der Waals surface area contributed by atoms with Gasteiger partial charge >= 0.3 is 0 Å². The van der Waals surface area contributed by atoms with Gasteiger partial charge in [-0.1, -0.05) is 47.5 Å². The number of halogens is 2. The average molecular weight is 377 g/mol. The highest BCUT2D eigenvalue weighted by Crippen LogP contribution is 2.26. The van der Waals surface area contributed by atoms with Gasteiger partial charge in [0.25, 0.3) is 0 Å². The largest absolute Gasteiger partial charge is 0.371 e. The summed E-state index contributed by atoms with van der Waals surface area (Å²) in [5, 5.41) is 1.11. The standard InChI is InChI=1S/C20H22Cl2N2O/c1-23(20(25)12-15-8-9-17(21)13-18(15)22)14-16-6-2-3-7-19(16)24-10-4-5-11-24/h2-3,6-9,13H,4-5,10-12,14H2,1H3. The summed E-state index contributed by atoms with van der Waals surface area (Å²) in [6.45, 7) is 2.78. The lowest BCUT2D eigenvalue weighted by Crippen LogP contribution is -2.29. The smallest absolute Gasteiger partial charge is 0.227 e. The average Bonchev–Trinajstić information content (AvgIpc) is 3.12. The zero-order chi connectivity index (χ0) is 17.8. The monoisotopic (exact) mass is 376 g/mol. The van der Waals surface area contributed by atoms with Crippen LogP contribution >= 0.6 is 23.2 Å². The Morgan fingerprint density at radius 2 is 1.80 bits per heavy atom. The third-order valence-corrected chi connectivity index (χ3v) is 5.22. The molecule has 1 fully saturated rings. The maximum Gasteiger partial charge on any atom is 0.227 e. The number of benzene rings is 2. The van der Waals surface area contributed by atoms with Gasteiger partial charge in [0.1, 0.15) is 0 Å². The summed E-state index contributed by atoms with van der Waals surface area (Å²) >= 11 is 12.1. The van der Waals surface area contributed by atoms with Gasteiger partial charge in [-0.25, -0.2) is 0 Å². The molecule has 0 aliphatic carbocycles. The van der Waals surface area contributed by atoms with E-state index in [4.69, 9.17) is 23.2 Å². The van der Waals surface area contributed by atoms with E-state index in [0.29, 0.717) is 16.6 Å². The molecule has 0 bridgehead atoms. The molecule has 0 unspecified atom stereocenters. The molecule has 3 nitrogen and oxygen atoms in total. The third kappa shape index (κ3) is 4.47. The van der Waals surface area contributed by atoms with E-state index in [1.165, 1.54) is 24.1 Å². The summed E-state index contributed by atoms with van der Waals surface area (Å²) in [4.78, 5) is 16.8. The van der Waals surface area contributed by atoms with Crippen LogP contribution in [0.25, 0.3) is 0 Å². The van der Waals surface area contributed by atoms with Crippen molar-refractivity contribution in [2.24, 2.45) is 0 Å². The Kier molecular flexibility index (Phi) is 5.87. The topological polar surface area (TPSA) is 23.6 Å². The number of hydrogen-bond donors (Lipinski definition) is 0. The maximum absolute atomic E-state index is 12.6. The molecular weight excluding hydrogens is 355 g/mol. The highest BCUT2D eigenvalue weighted by atomic mass is 35.5. The first-order valence-corrected chi connectivity index (χ1v) is 9.31. The SMILES string of the molecule is CN(Cc1ccccc1N1CCCC1)C(=O)Cc1ccc(Cl)cc1Cl. The molecule has 2 aromatic carbocycles. The minimum absolute atomic E-state index is 0.0421. The minimum Gasteiger partial charge on any atom is -0.371 e. The normalized spacial score (nSPS) is 14.0. The van der Waals surface area contributed by atoms with Gasteiger partial charge < -0.3 is 9.80 Å². The van der Waals surface area contributed by atoms with Crippen molar-refractivity contribution >= 4 is 34.8 Å². The van der Waals surface area contributed by atoms with Crippen molar-refractivity contribution in [3.63, 3.8) is 0 Å². The Morgan fingerprint density at radius 3 is 2.52 bits per heavy atom. The van der Waals surface area contributed by atoms with Gasteiger partial charge in [-0.15, -0.1) is 0 Å². The molecule has 2 aromatic rings. The van der Waals surface area contributed by atoms with Crippen molar-refractivity contribution in [3.05, 3.63) is 63.6 Å². The summed E-state index contributed by atoms with van der Waals surface area (Å²) in [5.74, 6) is 0.0421. The summed E-state index contributed by atoms with van der Waals surface area (Å²) in [6, 6.07) is 13.6. The van der Waals surface area contributed by atoms with E-state index in [2.05, 4.69) is 23.1 Å². The second-order valence-corrected chi connectivity index (χ2v) is 7.33. The molecule has 1 amide bonds. The number of amides is 1. The van der Waals surface area contributed by atoms with Gasteiger partial charge in [0.2, 0.25) is 5.91 Å². The van der Waals surface area contributed by atoms with Crippen LogP contribution in [0.5, 0.6) is 0 Å². The van der Waals surface area contributed by atoms with Crippen LogP contribution in [-0.4, -0.2) is 30.9 Å². The van der Waals surface area contributed by atoms with Gasteiger partial charge in [-0.05, 0) is 42.2 Å². The number of anilines is 1. The molecule has 1 saturated heterocycles. The van der Waals surface area contributed by atoms with Gasteiger partial charge in [0.15, 0.2) is 0 Å². The molecule has 1 heterocycles. The van der Waals surface area contributed by atoms with Crippen LogP contribution in [0.1, 0.15) is 24.0 Å². The van der Waals surface area contributed by atoms with Gasteiger partial charge in [-0.3, -0.25) is 4.79 Å². The Morgan fingerprint density at radius 1 is 1.08 bits per heavy atom. The quantitative estimate of drug-likeness (QED) is 0.748. The van der Waals surface area contributed by atoms with E-state index in [1.54, 1.807) is 17.0 Å². The van der Waals surface area contributed by atoms with E-state index < -0.39 is 0 Å². The Bertz CT molecular complexity index is 757. The molecule has 0 aromatic heterocycles. The van der Waals surface area contributed by atoms with Gasteiger partial charge in [0.05, 0.1) is 6.42 Å². The number of nitrogens with zero attached hydrogens (tertiary/aromatic N) is 2. The summed E-state index contributed by atoms with van der Waals surface area (Å²) < 4.78 is 0. The minimum atomic E-state index is 0.0421. The van der Waals surface area contributed by atoms with E-state index in [1.807, 2.05) is 19.2 Å². The molecule has 25 heavy (non-hydrogen) atoms. The molecule has 3 rings (SSSR count). The van der Waals surface area contributed by atoms with Crippen molar-refractivity contribution in [2.45, 2.75) is 25.8 Å². The number of para-hydroxylation sites is 1. The maximum atomic E-state index is 12.6. The van der Waals surface area contributed by atoms with Crippen LogP contribution in [-0.2, 0) is 17.8 Å². The van der Waals surface area contributed by atoms with E-state index in [0.717, 1.165) is 18.7 Å². The summed E-state index contributed by atoms with van der Waals surface area (Å²) in [5.41, 5.74) is 3.22. The predicted octanol–water partition coefficient (Wildman–Crippen LogP) is 4.79. The fourth-order valence-corrected chi connectivity index (χ4v) is 3.69. The predicted molar refractivity (Wildman–Crippen MR) is 105 cm³/mol. The second-order valence-electron chi connectivity index (χ2n) is 6.49. The van der Waals surface area contributed by atoms with Crippen LogP contribution in [0, 0.1) is 0 Å². The molecule has 5 heteroatoms. The zero-order valence-electron chi connectivity index (χ0n) is 14.3. The zero-order valence-corrected chi connectivity index (χ0v) is 15.9. The van der Waals surface area contributed by atoms with Crippen molar-refractivity contribution in [3.8, 4) is 0 Å². The van der Waals surface area contributed by atoms with Crippen molar-refractivity contribution < 1.29 is 4.79 Å². The van der Waals surface area contributed by atoms with Crippen LogP contribution in [0.3, 0.4) is 0 Å². The number of carbonyl (C=O) groups is 1. The fraction of sp³-hybridized carbons (Fsp3) is 0.350. The molecule has 0 spiro atoms. The molecule has 1 aliphatic heterocycles. The molecule has 0 atom stereocenters. The van der Waals surface area contributed by atoms with E-state index in [-0.39, 0.29) is 12.3 Å². The van der Waals surface area contributed by atoms with Crippen LogP contribution in [0.4, 0.5) is 5.69 Å². The molecule has 0 radical (unpaired) electrons. The van der Waals surface area contributed by atoms with Gasteiger partial charge in [-0.2, -0.15) is 0 Å². The first-order valence-electron chi connectivity index (χ1n) is 8.55. The van der Waals surface area contributed by atoms with Crippen LogP contribution in [0.2, 0.25) is 10.0 Å². The molecule has 0 saturated carbocycles. The highest BCUT2D eigenvalue weighted by molar-refractivity contribution is 6.35. The van der Waals surface area contributed by atoms with E-state index >= 15 is 0 Å². The lowest BCUT2D eigenvalue weighted by molar-refractivity contribution is -0.129. The Hall–Kier alpha value is -1.71. The highest BCUT2D eigenvalue weighted by Gasteiger charge is 2.18. The van der Waals surface area contributed by atoms with Crippen molar-refractivity contribution in [1.29, 1.82) is 0 Å². The number of likely N-dealkylation sites (N-methyl/N-ethyl adjacent to an activating group) is 1. The Balaban J connectivity index is 1.69.